The van der Waals surface area contributed by atoms with Gasteiger partial charge >= 0.3 is 0 Å². The number of unbranched alkanes of at least 4 members (excludes halogenated alkanes) is 13. The van der Waals surface area contributed by atoms with Gasteiger partial charge in [-0.2, -0.15) is 12.6 Å². The second-order valence-corrected chi connectivity index (χ2v) is 8.82. The SMILES string of the molecule is CCCCCCCCCCCCCCCCN(c1ccccn1)[C@@H](CS)C(=O)S. The second kappa shape index (κ2) is 18.1. The minimum Gasteiger partial charge on any atom is -0.345 e. The molecule has 1 rings (SSSR count). The minimum atomic E-state index is -0.321. The highest BCUT2D eigenvalue weighted by Gasteiger charge is 2.23. The van der Waals surface area contributed by atoms with Gasteiger partial charge in [0.1, 0.15) is 11.9 Å². The first kappa shape index (κ1) is 26.4. The lowest BCUT2D eigenvalue weighted by atomic mass is 10.0. The van der Waals surface area contributed by atoms with Crippen molar-refractivity contribution in [1.29, 1.82) is 0 Å². The van der Waals surface area contributed by atoms with Gasteiger partial charge in [-0.3, -0.25) is 4.79 Å². The Morgan fingerprint density at radius 3 is 1.83 bits per heavy atom. The molecule has 0 aromatic carbocycles. The highest BCUT2D eigenvalue weighted by molar-refractivity contribution is 7.96. The molecule has 0 aliphatic carbocycles. The van der Waals surface area contributed by atoms with Crippen LogP contribution in [0.3, 0.4) is 0 Å². The van der Waals surface area contributed by atoms with Crippen molar-refractivity contribution in [2.24, 2.45) is 0 Å². The van der Waals surface area contributed by atoms with Crippen LogP contribution in [0.1, 0.15) is 96.8 Å². The highest BCUT2D eigenvalue weighted by Crippen LogP contribution is 2.18. The minimum absolute atomic E-state index is 0.143. The molecule has 1 atom stereocenters. The fourth-order valence-electron chi connectivity index (χ4n) is 3.74. The fraction of sp³-hybridized carbons (Fsp3) is 0.750. The number of pyridine rings is 1. The van der Waals surface area contributed by atoms with E-state index in [-0.39, 0.29) is 11.2 Å². The number of rotatable bonds is 19. The molecular formula is C24H42N2OS2. The lowest BCUT2D eigenvalue weighted by molar-refractivity contribution is -0.111. The number of anilines is 1. The molecule has 1 aromatic rings. The van der Waals surface area contributed by atoms with Crippen LogP contribution in [0.4, 0.5) is 5.82 Å². The van der Waals surface area contributed by atoms with E-state index in [0.29, 0.717) is 5.75 Å². The molecule has 0 aliphatic rings. The van der Waals surface area contributed by atoms with Crippen LogP contribution >= 0.6 is 25.3 Å². The zero-order chi connectivity index (χ0) is 21.2. The van der Waals surface area contributed by atoms with Crippen molar-refractivity contribution in [2.45, 2.75) is 103 Å². The number of aromatic nitrogens is 1. The van der Waals surface area contributed by atoms with Crippen molar-refractivity contribution in [3.05, 3.63) is 24.4 Å². The van der Waals surface area contributed by atoms with Gasteiger partial charge < -0.3 is 4.90 Å². The van der Waals surface area contributed by atoms with Crippen LogP contribution in [-0.2, 0) is 4.79 Å². The van der Waals surface area contributed by atoms with Crippen LogP contribution in [0.5, 0.6) is 0 Å². The molecule has 0 saturated heterocycles. The van der Waals surface area contributed by atoms with E-state index < -0.39 is 0 Å². The largest absolute Gasteiger partial charge is 0.345 e. The zero-order valence-electron chi connectivity index (χ0n) is 18.4. The number of hydrogen-bond acceptors (Lipinski definition) is 4. The van der Waals surface area contributed by atoms with Crippen LogP contribution in [-0.4, -0.2) is 28.4 Å². The van der Waals surface area contributed by atoms with E-state index in [4.69, 9.17) is 0 Å². The number of carbonyl (C=O) groups is 1. The molecule has 29 heavy (non-hydrogen) atoms. The highest BCUT2D eigenvalue weighted by atomic mass is 32.1. The maximum atomic E-state index is 11.9. The van der Waals surface area contributed by atoms with E-state index in [9.17, 15) is 4.79 Å². The molecule has 0 spiro atoms. The average molecular weight is 439 g/mol. The summed E-state index contributed by atoms with van der Waals surface area (Å²) in [7, 11) is 0. The molecule has 0 N–H and O–H groups in total. The molecule has 166 valence electrons. The van der Waals surface area contributed by atoms with Gasteiger partial charge in [0.05, 0.1) is 0 Å². The zero-order valence-corrected chi connectivity index (χ0v) is 20.2. The van der Waals surface area contributed by atoms with Gasteiger partial charge in [0.15, 0.2) is 0 Å². The molecule has 0 saturated carbocycles. The van der Waals surface area contributed by atoms with Gasteiger partial charge in [-0.1, -0.05) is 96.5 Å². The van der Waals surface area contributed by atoms with Crippen LogP contribution in [0, 0.1) is 0 Å². The van der Waals surface area contributed by atoms with Gasteiger partial charge in [-0.15, -0.1) is 12.6 Å². The first-order valence-corrected chi connectivity index (χ1v) is 12.8. The van der Waals surface area contributed by atoms with Crippen molar-refractivity contribution < 1.29 is 4.79 Å². The van der Waals surface area contributed by atoms with Crippen LogP contribution in [0.2, 0.25) is 0 Å². The van der Waals surface area contributed by atoms with Gasteiger partial charge in [0.2, 0.25) is 5.12 Å². The molecule has 3 nitrogen and oxygen atoms in total. The lowest BCUT2D eigenvalue weighted by Crippen LogP contribution is -2.42. The normalized spacial score (nSPS) is 12.1. The van der Waals surface area contributed by atoms with Gasteiger partial charge in [-0.25, -0.2) is 4.98 Å². The predicted molar refractivity (Wildman–Crippen MR) is 134 cm³/mol. The van der Waals surface area contributed by atoms with Gasteiger partial charge in [0, 0.05) is 18.5 Å². The Kier molecular flexibility index (Phi) is 16.5. The summed E-state index contributed by atoms with van der Waals surface area (Å²) in [5.41, 5.74) is 0. The molecule has 0 fully saturated rings. The van der Waals surface area contributed by atoms with Crippen LogP contribution in [0.25, 0.3) is 0 Å². The maximum absolute atomic E-state index is 11.9. The molecule has 0 unspecified atom stereocenters. The quantitative estimate of drug-likeness (QED) is 0.178. The molecular weight excluding hydrogens is 396 g/mol. The maximum Gasteiger partial charge on any atom is 0.209 e. The molecule has 0 amide bonds. The van der Waals surface area contributed by atoms with Crippen molar-refractivity contribution in [3.8, 4) is 0 Å². The Morgan fingerprint density at radius 2 is 1.41 bits per heavy atom. The Balaban J connectivity index is 2.11. The van der Waals surface area contributed by atoms with Crippen molar-refractivity contribution >= 4 is 36.2 Å². The number of hydrogen-bond donors (Lipinski definition) is 2. The summed E-state index contributed by atoms with van der Waals surface area (Å²) in [5.74, 6) is 1.29. The molecule has 0 bridgehead atoms. The summed E-state index contributed by atoms with van der Waals surface area (Å²) in [4.78, 5) is 18.4. The van der Waals surface area contributed by atoms with Gasteiger partial charge in [-0.05, 0) is 18.6 Å². The summed E-state index contributed by atoms with van der Waals surface area (Å²) >= 11 is 8.40. The first-order chi connectivity index (χ1) is 14.2. The summed E-state index contributed by atoms with van der Waals surface area (Å²) in [6, 6.07) is 5.49. The van der Waals surface area contributed by atoms with Crippen molar-refractivity contribution in [3.63, 3.8) is 0 Å². The fourth-order valence-corrected chi connectivity index (χ4v) is 4.48. The third kappa shape index (κ3) is 12.6. The number of nitrogens with zero attached hydrogens (tertiary/aromatic N) is 2. The van der Waals surface area contributed by atoms with Crippen LogP contribution < -0.4 is 4.90 Å². The van der Waals surface area contributed by atoms with Gasteiger partial charge in [0.25, 0.3) is 0 Å². The Hall–Kier alpha value is -0.680. The smallest absolute Gasteiger partial charge is 0.209 e. The number of carbonyl (C=O) groups excluding carboxylic acids is 1. The molecule has 0 aliphatic heterocycles. The summed E-state index contributed by atoms with van der Waals surface area (Å²) in [5, 5.41) is -0.143. The van der Waals surface area contributed by atoms with E-state index in [1.807, 2.05) is 18.2 Å². The van der Waals surface area contributed by atoms with E-state index >= 15 is 0 Å². The third-order valence-corrected chi connectivity index (χ3v) is 6.17. The monoisotopic (exact) mass is 438 g/mol. The summed E-state index contributed by atoms with van der Waals surface area (Å²) in [6.45, 7) is 3.10. The Morgan fingerprint density at radius 1 is 0.897 bits per heavy atom. The second-order valence-electron chi connectivity index (χ2n) is 8.01. The van der Waals surface area contributed by atoms with E-state index in [1.54, 1.807) is 6.20 Å². The average Bonchev–Trinajstić information content (AvgIpc) is 2.73. The Labute approximate surface area is 190 Å². The third-order valence-electron chi connectivity index (χ3n) is 5.53. The number of thiol groups is 2. The first-order valence-electron chi connectivity index (χ1n) is 11.7. The van der Waals surface area contributed by atoms with E-state index in [2.05, 4.69) is 42.1 Å². The van der Waals surface area contributed by atoms with Crippen LogP contribution in [0.15, 0.2) is 24.4 Å². The molecule has 5 heteroatoms. The van der Waals surface area contributed by atoms with Crippen molar-refractivity contribution in [1.82, 2.24) is 4.98 Å². The summed E-state index contributed by atoms with van der Waals surface area (Å²) in [6.07, 6.45) is 20.6. The lowest BCUT2D eigenvalue weighted by Gasteiger charge is -2.29. The predicted octanol–water partition coefficient (Wildman–Crippen LogP) is 7.12. The topological polar surface area (TPSA) is 33.2 Å². The molecule has 1 aromatic heterocycles. The molecule has 0 radical (unpaired) electrons. The summed E-state index contributed by atoms with van der Waals surface area (Å²) < 4.78 is 0. The van der Waals surface area contributed by atoms with E-state index in [1.165, 1.54) is 83.5 Å². The van der Waals surface area contributed by atoms with Crippen molar-refractivity contribution in [2.75, 3.05) is 17.2 Å². The Bertz CT molecular complexity index is 513. The standard InChI is InChI=1S/C24H42N2OS2/c1-2-3-4-5-6-7-8-9-10-11-12-13-14-17-20-26(22(21-28)24(27)29)23-18-15-16-19-25-23/h15-16,18-19,22,28H,2-14,17,20-21H2,1H3,(H,27,29)/t22-/m0/s1. The molecule has 1 heterocycles. The van der Waals surface area contributed by atoms with E-state index in [0.717, 1.165) is 18.8 Å².